The predicted molar refractivity (Wildman–Crippen MR) is 58.1 cm³/mol. The number of hydrogen-bond donors (Lipinski definition) is 2. The lowest BCUT2D eigenvalue weighted by Crippen LogP contribution is -2.29. The van der Waals surface area contributed by atoms with Gasteiger partial charge in [0.1, 0.15) is 10.6 Å². The average molecular weight is 254 g/mol. The molecule has 0 saturated carbocycles. The Hall–Kier alpha value is -2.26. The van der Waals surface area contributed by atoms with Gasteiger partial charge in [-0.15, -0.1) is 11.3 Å². The van der Waals surface area contributed by atoms with Crippen molar-refractivity contribution in [2.24, 2.45) is 5.84 Å². The summed E-state index contributed by atoms with van der Waals surface area (Å²) in [6.07, 6.45) is 0. The third-order valence-corrected chi connectivity index (χ3v) is 2.69. The molecular formula is C8H6N4O4S. The fourth-order valence-corrected chi connectivity index (χ4v) is 1.83. The number of nitrogens with two attached hydrogens (primary N) is 1. The highest BCUT2D eigenvalue weighted by Crippen LogP contribution is 2.26. The van der Waals surface area contributed by atoms with Crippen molar-refractivity contribution in [1.82, 2.24) is 10.4 Å². The van der Waals surface area contributed by atoms with Gasteiger partial charge in [-0.3, -0.25) is 20.3 Å². The maximum atomic E-state index is 11.1. The summed E-state index contributed by atoms with van der Waals surface area (Å²) < 4.78 is 4.94. The molecule has 0 spiro atoms. The minimum absolute atomic E-state index is 0.154. The Labute approximate surface area is 98.2 Å². The molecule has 0 aliphatic heterocycles. The lowest BCUT2D eigenvalue weighted by atomic mass is 10.4. The molecule has 17 heavy (non-hydrogen) atoms. The molecule has 0 radical (unpaired) electrons. The molecule has 0 aromatic carbocycles. The summed E-state index contributed by atoms with van der Waals surface area (Å²) in [5.41, 5.74) is 2.29. The van der Waals surface area contributed by atoms with E-state index in [2.05, 4.69) is 4.98 Å². The summed E-state index contributed by atoms with van der Waals surface area (Å²) in [5.74, 6) is 4.27. The van der Waals surface area contributed by atoms with Gasteiger partial charge in [0, 0.05) is 5.38 Å². The molecule has 1 amide bonds. The zero-order chi connectivity index (χ0) is 12.4. The van der Waals surface area contributed by atoms with Crippen LogP contribution in [0.2, 0.25) is 0 Å². The monoisotopic (exact) mass is 254 g/mol. The zero-order valence-corrected chi connectivity index (χ0v) is 9.06. The van der Waals surface area contributed by atoms with Gasteiger partial charge in [0.25, 0.3) is 5.91 Å². The van der Waals surface area contributed by atoms with Crippen molar-refractivity contribution in [3.8, 4) is 11.5 Å². The van der Waals surface area contributed by atoms with Gasteiger partial charge in [-0.2, -0.15) is 0 Å². The second-order valence-electron chi connectivity index (χ2n) is 2.91. The number of hydrazine groups is 1. The average Bonchev–Trinajstić information content (AvgIpc) is 2.95. The molecule has 3 N–H and O–H groups in total. The van der Waals surface area contributed by atoms with Gasteiger partial charge in [-0.1, -0.05) is 0 Å². The number of carbonyl (C=O) groups is 1. The summed E-state index contributed by atoms with van der Waals surface area (Å²) in [6, 6.07) is 2.63. The van der Waals surface area contributed by atoms with E-state index in [9.17, 15) is 14.9 Å². The van der Waals surface area contributed by atoms with E-state index in [1.54, 1.807) is 5.38 Å². The largest absolute Gasteiger partial charge is 0.433 e. The fourth-order valence-electron chi connectivity index (χ4n) is 1.12. The van der Waals surface area contributed by atoms with Gasteiger partial charge >= 0.3 is 5.88 Å². The van der Waals surface area contributed by atoms with Crippen molar-refractivity contribution in [2.75, 3.05) is 0 Å². The smallest absolute Gasteiger partial charge is 0.399 e. The molecule has 9 heteroatoms. The van der Waals surface area contributed by atoms with Crippen LogP contribution >= 0.6 is 11.3 Å². The first kappa shape index (κ1) is 11.2. The van der Waals surface area contributed by atoms with Gasteiger partial charge in [-0.05, 0) is 6.07 Å². The quantitative estimate of drug-likeness (QED) is 0.363. The van der Waals surface area contributed by atoms with Gasteiger partial charge in [-0.25, -0.2) is 10.8 Å². The molecule has 0 saturated heterocycles. The maximum Gasteiger partial charge on any atom is 0.433 e. The molecule has 2 aromatic rings. The lowest BCUT2D eigenvalue weighted by Gasteiger charge is -1.91. The van der Waals surface area contributed by atoms with E-state index in [4.69, 9.17) is 10.3 Å². The number of thiazole rings is 1. The summed E-state index contributed by atoms with van der Waals surface area (Å²) in [4.78, 5) is 24.8. The minimum Gasteiger partial charge on any atom is -0.399 e. The molecule has 0 atom stereocenters. The number of rotatable bonds is 3. The predicted octanol–water partition coefficient (Wildman–Crippen LogP) is 0.915. The molecule has 2 rings (SSSR count). The molecule has 88 valence electrons. The Morgan fingerprint density at radius 1 is 1.59 bits per heavy atom. The van der Waals surface area contributed by atoms with Crippen molar-refractivity contribution < 1.29 is 14.1 Å². The zero-order valence-electron chi connectivity index (χ0n) is 8.25. The molecule has 0 unspecified atom stereocenters. The Morgan fingerprint density at radius 3 is 2.94 bits per heavy atom. The van der Waals surface area contributed by atoms with Gasteiger partial charge in [0.15, 0.2) is 10.8 Å². The van der Waals surface area contributed by atoms with Gasteiger partial charge in [0.2, 0.25) is 0 Å². The summed E-state index contributed by atoms with van der Waals surface area (Å²) in [5, 5.41) is 12.1. The number of amides is 1. The Balaban J connectivity index is 2.30. The molecule has 0 bridgehead atoms. The van der Waals surface area contributed by atoms with E-state index < -0.39 is 10.8 Å². The number of nitrogens with zero attached hydrogens (tertiary/aromatic N) is 2. The van der Waals surface area contributed by atoms with E-state index in [1.807, 2.05) is 5.43 Å². The first-order chi connectivity index (χ1) is 8.11. The van der Waals surface area contributed by atoms with Gasteiger partial charge in [0.05, 0.1) is 6.07 Å². The number of nitrogen functional groups attached to an aromatic ring is 1. The highest BCUT2D eigenvalue weighted by molar-refractivity contribution is 7.12. The van der Waals surface area contributed by atoms with Crippen LogP contribution in [0.3, 0.4) is 0 Å². The van der Waals surface area contributed by atoms with Crippen molar-refractivity contribution in [1.29, 1.82) is 0 Å². The third-order valence-electron chi connectivity index (χ3n) is 1.85. The van der Waals surface area contributed by atoms with Gasteiger partial charge < -0.3 is 4.42 Å². The number of nitro groups is 1. The number of carbonyl (C=O) groups excluding carboxylic acids is 1. The van der Waals surface area contributed by atoms with Crippen LogP contribution in [-0.4, -0.2) is 15.8 Å². The van der Waals surface area contributed by atoms with E-state index in [-0.39, 0.29) is 16.7 Å². The van der Waals surface area contributed by atoms with Crippen LogP contribution in [0, 0.1) is 10.1 Å². The van der Waals surface area contributed by atoms with Crippen LogP contribution < -0.4 is 11.3 Å². The fraction of sp³-hybridized carbons (Fsp3) is 0. The molecule has 8 nitrogen and oxygen atoms in total. The molecular weight excluding hydrogens is 248 g/mol. The molecule has 0 fully saturated rings. The Kier molecular flexibility index (Phi) is 2.85. The molecule has 0 aliphatic carbocycles. The van der Waals surface area contributed by atoms with Crippen molar-refractivity contribution in [2.45, 2.75) is 0 Å². The first-order valence-corrected chi connectivity index (χ1v) is 5.21. The lowest BCUT2D eigenvalue weighted by molar-refractivity contribution is -0.401. The summed E-state index contributed by atoms with van der Waals surface area (Å²) >= 11 is 1.06. The number of hydrogen-bond acceptors (Lipinski definition) is 7. The third kappa shape index (κ3) is 2.14. The highest BCUT2D eigenvalue weighted by atomic mass is 32.1. The van der Waals surface area contributed by atoms with Crippen LogP contribution in [0.5, 0.6) is 0 Å². The van der Waals surface area contributed by atoms with E-state index in [0.29, 0.717) is 5.69 Å². The van der Waals surface area contributed by atoms with Crippen LogP contribution in [0.1, 0.15) is 9.80 Å². The second-order valence-corrected chi connectivity index (χ2v) is 3.76. The topological polar surface area (TPSA) is 124 Å². The van der Waals surface area contributed by atoms with E-state index in [0.717, 1.165) is 11.3 Å². The molecule has 2 heterocycles. The Morgan fingerprint density at radius 2 is 2.35 bits per heavy atom. The normalized spacial score (nSPS) is 10.2. The standard InChI is InChI=1S/C8H6N4O4S/c9-11-7(13)8-10-4(3-17-8)5-1-2-6(16-5)12(14)15/h1-3H,9H2,(H,11,13). The summed E-state index contributed by atoms with van der Waals surface area (Å²) in [7, 11) is 0. The number of furan rings is 1. The highest BCUT2D eigenvalue weighted by Gasteiger charge is 2.16. The number of nitrogens with one attached hydrogen (secondary N) is 1. The minimum atomic E-state index is -0.649. The SMILES string of the molecule is NNC(=O)c1nc(-c2ccc([N+](=O)[O-])o2)cs1. The molecule has 0 aliphatic rings. The van der Waals surface area contributed by atoms with Crippen molar-refractivity contribution >= 4 is 23.1 Å². The van der Waals surface area contributed by atoms with Crippen LogP contribution in [0.4, 0.5) is 5.88 Å². The van der Waals surface area contributed by atoms with Crippen LogP contribution in [0.15, 0.2) is 21.9 Å². The Bertz CT molecular complexity index is 576. The summed E-state index contributed by atoms with van der Waals surface area (Å²) in [6.45, 7) is 0. The maximum absolute atomic E-state index is 11.1. The molecule has 2 aromatic heterocycles. The second kappa shape index (κ2) is 4.31. The van der Waals surface area contributed by atoms with Crippen molar-refractivity contribution in [3.63, 3.8) is 0 Å². The first-order valence-electron chi connectivity index (χ1n) is 4.33. The van der Waals surface area contributed by atoms with Crippen molar-refractivity contribution in [3.05, 3.63) is 32.6 Å². The van der Waals surface area contributed by atoms with E-state index in [1.165, 1.54) is 12.1 Å². The van der Waals surface area contributed by atoms with Crippen LogP contribution in [0.25, 0.3) is 11.5 Å². The van der Waals surface area contributed by atoms with E-state index >= 15 is 0 Å². The number of aromatic nitrogens is 1. The van der Waals surface area contributed by atoms with Crippen LogP contribution in [-0.2, 0) is 0 Å².